The van der Waals surface area contributed by atoms with Crippen LogP contribution in [0.3, 0.4) is 0 Å². The van der Waals surface area contributed by atoms with Crippen molar-refractivity contribution in [3.8, 4) is 0 Å². The summed E-state index contributed by atoms with van der Waals surface area (Å²) in [6.07, 6.45) is 6.82. The van der Waals surface area contributed by atoms with Crippen LogP contribution in [0.15, 0.2) is 24.5 Å². The Balaban J connectivity index is 0.000000161. The molecule has 0 spiro atoms. The number of hydrogen-bond donors (Lipinski definition) is 0. The molecule has 2 aromatic heterocycles. The zero-order valence-corrected chi connectivity index (χ0v) is 15.3. The average Bonchev–Trinajstić information content (AvgIpc) is 3.40. The van der Waals surface area contributed by atoms with Gasteiger partial charge in [0.15, 0.2) is 0 Å². The molecule has 0 aromatic carbocycles. The van der Waals surface area contributed by atoms with E-state index in [-0.39, 0.29) is 23.7 Å². The van der Waals surface area contributed by atoms with Crippen LogP contribution in [0.4, 0.5) is 11.6 Å². The van der Waals surface area contributed by atoms with Gasteiger partial charge in [-0.15, -0.1) is 0 Å². The molecule has 0 amide bonds. The maximum atomic E-state index is 10.4. The van der Waals surface area contributed by atoms with Crippen LogP contribution in [0.5, 0.6) is 0 Å². The van der Waals surface area contributed by atoms with Crippen LogP contribution in [0.2, 0.25) is 0 Å². The maximum absolute atomic E-state index is 10.4. The minimum atomic E-state index is -0.476. The monoisotopic (exact) mass is 394 g/mol. The Morgan fingerprint density at radius 2 is 1.14 bits per heavy atom. The maximum Gasteiger partial charge on any atom is 0.389 e. The highest BCUT2D eigenvalue weighted by atomic mass is 16.6. The zero-order valence-electron chi connectivity index (χ0n) is 15.3. The van der Waals surface area contributed by atoms with Crippen molar-refractivity contribution in [3.05, 3.63) is 44.8 Å². The molecule has 28 heavy (non-hydrogen) atoms. The second-order valence-electron chi connectivity index (χ2n) is 6.51. The lowest BCUT2D eigenvalue weighted by Gasteiger charge is -2.19. The van der Waals surface area contributed by atoms with Gasteiger partial charge in [0.1, 0.15) is 0 Å². The molecule has 2 aliphatic heterocycles. The highest BCUT2D eigenvalue weighted by molar-refractivity contribution is 5.15. The number of rotatable bonds is 4. The molecule has 2 aliphatic rings. The minimum absolute atomic E-state index is 0.0866. The van der Waals surface area contributed by atoms with E-state index in [9.17, 15) is 20.2 Å². The van der Waals surface area contributed by atoms with E-state index in [0.717, 1.165) is 25.7 Å². The quantitative estimate of drug-likeness (QED) is 0.568. The first-order chi connectivity index (χ1) is 13.5. The van der Waals surface area contributed by atoms with E-state index in [0.29, 0.717) is 26.4 Å². The number of hydrogen-bond acceptors (Lipinski definition) is 8. The Kier molecular flexibility index (Phi) is 6.66. The molecular formula is C16H22N6O6. The van der Waals surface area contributed by atoms with Crippen molar-refractivity contribution in [2.75, 3.05) is 26.4 Å². The standard InChI is InChI=1S/2C8H11N3O3/c2*12-11(13)8-1-4-10(9-8)7-2-5-14-6-3-7/h2*1,4,7H,2-3,5-6H2. The summed E-state index contributed by atoms with van der Waals surface area (Å²) in [6.45, 7) is 2.83. The first kappa shape index (κ1) is 19.9. The fourth-order valence-corrected chi connectivity index (χ4v) is 3.16. The molecule has 0 N–H and O–H groups in total. The van der Waals surface area contributed by atoms with Gasteiger partial charge in [-0.2, -0.15) is 9.36 Å². The summed E-state index contributed by atoms with van der Waals surface area (Å²) in [4.78, 5) is 19.9. The lowest BCUT2D eigenvalue weighted by Crippen LogP contribution is -2.19. The van der Waals surface area contributed by atoms with E-state index in [4.69, 9.17) is 9.47 Å². The van der Waals surface area contributed by atoms with Gasteiger partial charge >= 0.3 is 11.6 Å². The van der Waals surface area contributed by atoms with E-state index >= 15 is 0 Å². The van der Waals surface area contributed by atoms with Crippen molar-refractivity contribution >= 4 is 11.6 Å². The second kappa shape index (κ2) is 9.37. The van der Waals surface area contributed by atoms with Crippen molar-refractivity contribution in [2.24, 2.45) is 0 Å². The molecule has 4 heterocycles. The van der Waals surface area contributed by atoms with E-state index in [2.05, 4.69) is 10.2 Å². The van der Waals surface area contributed by atoms with Gasteiger partial charge in [0.05, 0.1) is 46.8 Å². The van der Waals surface area contributed by atoms with Crippen molar-refractivity contribution in [3.63, 3.8) is 0 Å². The summed E-state index contributed by atoms with van der Waals surface area (Å²) in [5, 5.41) is 28.6. The molecule has 12 heteroatoms. The van der Waals surface area contributed by atoms with Crippen LogP contribution in [0.1, 0.15) is 37.8 Å². The number of aromatic nitrogens is 4. The van der Waals surface area contributed by atoms with Gasteiger partial charge in [-0.3, -0.25) is 0 Å². The Hall–Kier alpha value is -2.86. The third-order valence-corrected chi connectivity index (χ3v) is 4.69. The average molecular weight is 394 g/mol. The van der Waals surface area contributed by atoms with Crippen LogP contribution >= 0.6 is 0 Å². The van der Waals surface area contributed by atoms with E-state index in [1.165, 1.54) is 12.1 Å². The van der Waals surface area contributed by atoms with Crippen LogP contribution in [0, 0.1) is 20.2 Å². The van der Waals surface area contributed by atoms with E-state index in [1.54, 1.807) is 21.8 Å². The highest BCUT2D eigenvalue weighted by Gasteiger charge is 2.22. The van der Waals surface area contributed by atoms with Crippen molar-refractivity contribution in [2.45, 2.75) is 37.8 Å². The van der Waals surface area contributed by atoms with Crippen molar-refractivity contribution in [1.29, 1.82) is 0 Å². The fourth-order valence-electron chi connectivity index (χ4n) is 3.16. The molecule has 0 radical (unpaired) electrons. The third-order valence-electron chi connectivity index (χ3n) is 4.69. The summed E-state index contributed by atoms with van der Waals surface area (Å²) in [5.74, 6) is -0.173. The van der Waals surface area contributed by atoms with E-state index in [1.807, 2.05) is 0 Å². The predicted molar refractivity (Wildman–Crippen MR) is 95.9 cm³/mol. The molecule has 2 saturated heterocycles. The van der Waals surface area contributed by atoms with Gasteiger partial charge in [0, 0.05) is 26.4 Å². The van der Waals surface area contributed by atoms with Gasteiger partial charge in [0.2, 0.25) is 0 Å². The lowest BCUT2D eigenvalue weighted by atomic mass is 10.1. The van der Waals surface area contributed by atoms with Gasteiger partial charge < -0.3 is 29.7 Å². The summed E-state index contributed by atoms with van der Waals surface area (Å²) in [6, 6.07) is 3.35. The fraction of sp³-hybridized carbons (Fsp3) is 0.625. The third kappa shape index (κ3) is 5.10. The highest BCUT2D eigenvalue weighted by Crippen LogP contribution is 2.22. The SMILES string of the molecule is O=[N+]([O-])c1ccn(C2CCOCC2)n1.O=[N+]([O-])c1ccn(C2CCOCC2)n1. The zero-order chi connectivity index (χ0) is 19.9. The number of ether oxygens (including phenoxy) is 2. The van der Waals surface area contributed by atoms with Crippen LogP contribution in [0.25, 0.3) is 0 Å². The molecule has 0 bridgehead atoms. The first-order valence-electron chi connectivity index (χ1n) is 9.09. The lowest BCUT2D eigenvalue weighted by molar-refractivity contribution is -0.390. The van der Waals surface area contributed by atoms with Crippen LogP contribution in [-0.2, 0) is 9.47 Å². The minimum Gasteiger partial charge on any atom is -0.381 e. The molecule has 0 aliphatic carbocycles. The van der Waals surface area contributed by atoms with E-state index < -0.39 is 9.85 Å². The Bertz CT molecular complexity index is 727. The Morgan fingerprint density at radius 1 is 0.786 bits per heavy atom. The molecule has 2 aromatic rings. The van der Waals surface area contributed by atoms with Gasteiger partial charge in [0.25, 0.3) is 0 Å². The molecule has 4 rings (SSSR count). The topological polar surface area (TPSA) is 140 Å². The van der Waals surface area contributed by atoms with Gasteiger partial charge in [-0.1, -0.05) is 0 Å². The van der Waals surface area contributed by atoms with Crippen molar-refractivity contribution < 1.29 is 19.3 Å². The second-order valence-corrected chi connectivity index (χ2v) is 6.51. The molecule has 12 nitrogen and oxygen atoms in total. The van der Waals surface area contributed by atoms with Crippen LogP contribution < -0.4 is 0 Å². The summed E-state index contributed by atoms with van der Waals surface area (Å²) < 4.78 is 13.7. The summed E-state index contributed by atoms with van der Waals surface area (Å²) in [5.41, 5.74) is 0. The molecule has 152 valence electrons. The first-order valence-corrected chi connectivity index (χ1v) is 9.09. The summed E-state index contributed by atoms with van der Waals surface area (Å²) in [7, 11) is 0. The number of nitrogens with zero attached hydrogens (tertiary/aromatic N) is 6. The smallest absolute Gasteiger partial charge is 0.381 e. The molecule has 2 fully saturated rings. The largest absolute Gasteiger partial charge is 0.389 e. The Morgan fingerprint density at radius 3 is 1.43 bits per heavy atom. The summed E-state index contributed by atoms with van der Waals surface area (Å²) >= 11 is 0. The van der Waals surface area contributed by atoms with Gasteiger partial charge in [-0.25, -0.2) is 0 Å². The molecular weight excluding hydrogens is 372 g/mol. The normalized spacial score (nSPS) is 18.3. The molecule has 0 saturated carbocycles. The van der Waals surface area contributed by atoms with Crippen molar-refractivity contribution in [1.82, 2.24) is 19.6 Å². The molecule has 0 unspecified atom stereocenters. The van der Waals surface area contributed by atoms with Gasteiger partial charge in [-0.05, 0) is 35.5 Å². The van der Waals surface area contributed by atoms with Crippen LogP contribution in [-0.4, -0.2) is 55.8 Å². The predicted octanol–water partition coefficient (Wildman–Crippen LogP) is 2.29. The number of nitro groups is 2. The molecule has 0 atom stereocenters. The Labute approximate surface area is 160 Å².